The van der Waals surface area contributed by atoms with Gasteiger partial charge in [0.25, 0.3) is 5.91 Å². The number of nitrogens with zero attached hydrogens (tertiary/aromatic N) is 1. The van der Waals surface area contributed by atoms with Crippen molar-refractivity contribution in [2.24, 2.45) is 0 Å². The van der Waals surface area contributed by atoms with Crippen molar-refractivity contribution in [2.45, 2.75) is 13.3 Å². The Morgan fingerprint density at radius 1 is 1.27 bits per heavy atom. The molecule has 3 N–H and O–H groups in total. The highest BCUT2D eigenvalue weighted by Gasteiger charge is 2.05. The number of hydrogen-bond donors (Lipinski definition) is 3. The molecule has 0 bridgehead atoms. The molecule has 0 aliphatic carbocycles. The molecule has 0 saturated carbocycles. The Bertz CT molecular complexity index is 208. The molecule has 0 spiro atoms. The third-order valence-corrected chi connectivity index (χ3v) is 1.76. The van der Waals surface area contributed by atoms with Gasteiger partial charge in [0.15, 0.2) is 0 Å². The SMILES string of the molecule is CNCCCN(C)CC(=O)NNC(C)=O. The molecule has 2 amide bonds. The number of rotatable bonds is 6. The van der Waals surface area contributed by atoms with E-state index >= 15 is 0 Å². The van der Waals surface area contributed by atoms with Crippen molar-refractivity contribution in [3.63, 3.8) is 0 Å². The van der Waals surface area contributed by atoms with Crippen LogP contribution in [-0.2, 0) is 9.59 Å². The fourth-order valence-electron chi connectivity index (χ4n) is 1.05. The highest BCUT2D eigenvalue weighted by Crippen LogP contribution is 1.85. The standard InChI is InChI=1S/C9H20N4O2/c1-8(14)11-12-9(15)7-13(3)6-4-5-10-2/h10H,4-7H2,1-3H3,(H,11,14)(H,12,15). The second-order valence-electron chi connectivity index (χ2n) is 3.42. The predicted octanol–water partition coefficient (Wildman–Crippen LogP) is -1.30. The summed E-state index contributed by atoms with van der Waals surface area (Å²) in [5.41, 5.74) is 4.55. The van der Waals surface area contributed by atoms with Gasteiger partial charge in [0, 0.05) is 6.92 Å². The number of amides is 2. The van der Waals surface area contributed by atoms with Gasteiger partial charge < -0.3 is 5.32 Å². The highest BCUT2D eigenvalue weighted by molar-refractivity contribution is 5.81. The van der Waals surface area contributed by atoms with E-state index in [-0.39, 0.29) is 18.4 Å². The topological polar surface area (TPSA) is 73.5 Å². The first-order valence-corrected chi connectivity index (χ1v) is 4.95. The summed E-state index contributed by atoms with van der Waals surface area (Å²) < 4.78 is 0. The van der Waals surface area contributed by atoms with Crippen molar-refractivity contribution in [3.8, 4) is 0 Å². The molecule has 0 fully saturated rings. The van der Waals surface area contributed by atoms with Gasteiger partial charge in [-0.3, -0.25) is 25.3 Å². The van der Waals surface area contributed by atoms with Gasteiger partial charge in [0.1, 0.15) is 0 Å². The van der Waals surface area contributed by atoms with Crippen LogP contribution in [0.5, 0.6) is 0 Å². The molecular weight excluding hydrogens is 196 g/mol. The summed E-state index contributed by atoms with van der Waals surface area (Å²) in [6, 6.07) is 0. The molecule has 0 aromatic carbocycles. The lowest BCUT2D eigenvalue weighted by Crippen LogP contribution is -2.45. The van der Waals surface area contributed by atoms with Crippen LogP contribution in [0.1, 0.15) is 13.3 Å². The van der Waals surface area contributed by atoms with E-state index in [0.29, 0.717) is 0 Å². The Morgan fingerprint density at radius 2 is 1.93 bits per heavy atom. The number of carbonyl (C=O) groups is 2. The maximum absolute atomic E-state index is 11.2. The van der Waals surface area contributed by atoms with Crippen LogP contribution in [0.2, 0.25) is 0 Å². The Kier molecular flexibility index (Phi) is 7.57. The molecule has 88 valence electrons. The molecule has 6 heteroatoms. The zero-order valence-corrected chi connectivity index (χ0v) is 9.59. The Labute approximate surface area is 90.4 Å². The van der Waals surface area contributed by atoms with Gasteiger partial charge in [0.2, 0.25) is 5.91 Å². The van der Waals surface area contributed by atoms with Crippen molar-refractivity contribution in [1.29, 1.82) is 0 Å². The monoisotopic (exact) mass is 216 g/mol. The number of carbonyl (C=O) groups excluding carboxylic acids is 2. The van der Waals surface area contributed by atoms with Crippen LogP contribution in [-0.4, -0.2) is 50.4 Å². The van der Waals surface area contributed by atoms with Crippen molar-refractivity contribution >= 4 is 11.8 Å². The number of hydrazine groups is 1. The predicted molar refractivity (Wildman–Crippen MR) is 58.0 cm³/mol. The second-order valence-corrected chi connectivity index (χ2v) is 3.42. The van der Waals surface area contributed by atoms with E-state index in [4.69, 9.17) is 0 Å². The van der Waals surface area contributed by atoms with Crippen LogP contribution < -0.4 is 16.2 Å². The molecule has 0 aliphatic heterocycles. The Hall–Kier alpha value is -1.14. The van der Waals surface area contributed by atoms with E-state index in [0.717, 1.165) is 19.5 Å². The molecule has 0 atom stereocenters. The van der Waals surface area contributed by atoms with E-state index < -0.39 is 0 Å². The largest absolute Gasteiger partial charge is 0.320 e. The molecule has 0 radical (unpaired) electrons. The van der Waals surface area contributed by atoms with Crippen LogP contribution in [0.15, 0.2) is 0 Å². The van der Waals surface area contributed by atoms with Gasteiger partial charge >= 0.3 is 0 Å². The molecular formula is C9H20N4O2. The summed E-state index contributed by atoms with van der Waals surface area (Å²) in [6.07, 6.45) is 0.987. The van der Waals surface area contributed by atoms with Crippen LogP contribution in [0, 0.1) is 0 Å². The average molecular weight is 216 g/mol. The number of likely N-dealkylation sites (N-methyl/N-ethyl adjacent to an activating group) is 1. The Balaban J connectivity index is 3.53. The normalized spacial score (nSPS) is 10.1. The zero-order valence-electron chi connectivity index (χ0n) is 9.59. The number of hydrogen-bond acceptors (Lipinski definition) is 4. The van der Waals surface area contributed by atoms with Crippen molar-refractivity contribution in [1.82, 2.24) is 21.1 Å². The minimum absolute atomic E-state index is 0.211. The lowest BCUT2D eigenvalue weighted by atomic mass is 10.4. The van der Waals surface area contributed by atoms with E-state index in [1.807, 2.05) is 19.0 Å². The summed E-state index contributed by atoms with van der Waals surface area (Å²) in [5, 5.41) is 3.03. The summed E-state index contributed by atoms with van der Waals surface area (Å²) in [4.78, 5) is 23.6. The van der Waals surface area contributed by atoms with Gasteiger partial charge in [-0.15, -0.1) is 0 Å². The first-order chi connectivity index (χ1) is 7.06. The fraction of sp³-hybridized carbons (Fsp3) is 0.778. The van der Waals surface area contributed by atoms with Gasteiger partial charge in [-0.05, 0) is 33.6 Å². The van der Waals surface area contributed by atoms with Crippen LogP contribution in [0.3, 0.4) is 0 Å². The smallest absolute Gasteiger partial charge is 0.252 e. The molecule has 0 aromatic heterocycles. The summed E-state index contributed by atoms with van der Waals surface area (Å²) in [6.45, 7) is 3.40. The second kappa shape index (κ2) is 8.19. The molecule has 6 nitrogen and oxygen atoms in total. The van der Waals surface area contributed by atoms with Crippen molar-refractivity contribution in [3.05, 3.63) is 0 Å². The van der Waals surface area contributed by atoms with Crippen LogP contribution in [0.4, 0.5) is 0 Å². The summed E-state index contributed by atoms with van der Waals surface area (Å²) >= 11 is 0. The number of nitrogens with one attached hydrogen (secondary N) is 3. The maximum atomic E-state index is 11.2. The van der Waals surface area contributed by atoms with Gasteiger partial charge in [-0.1, -0.05) is 0 Å². The van der Waals surface area contributed by atoms with Crippen molar-refractivity contribution in [2.75, 3.05) is 33.7 Å². The molecule has 0 aliphatic rings. The van der Waals surface area contributed by atoms with Crippen molar-refractivity contribution < 1.29 is 9.59 Å². The average Bonchev–Trinajstić information content (AvgIpc) is 2.15. The molecule has 0 rings (SSSR count). The van der Waals surface area contributed by atoms with E-state index in [1.54, 1.807) is 0 Å². The molecule has 0 unspecified atom stereocenters. The van der Waals surface area contributed by atoms with Crippen LogP contribution in [0.25, 0.3) is 0 Å². The first-order valence-electron chi connectivity index (χ1n) is 4.95. The highest BCUT2D eigenvalue weighted by atomic mass is 16.2. The molecule has 0 heterocycles. The van der Waals surface area contributed by atoms with E-state index in [9.17, 15) is 9.59 Å². The minimum Gasteiger partial charge on any atom is -0.320 e. The molecule has 0 saturated heterocycles. The lowest BCUT2D eigenvalue weighted by molar-refractivity contribution is -0.128. The third kappa shape index (κ3) is 9.17. The summed E-state index contributed by atoms with van der Waals surface area (Å²) in [7, 11) is 3.76. The Morgan fingerprint density at radius 3 is 2.47 bits per heavy atom. The third-order valence-electron chi connectivity index (χ3n) is 1.76. The van der Waals surface area contributed by atoms with Gasteiger partial charge in [-0.25, -0.2) is 0 Å². The fourth-order valence-corrected chi connectivity index (χ4v) is 1.05. The molecule has 0 aromatic rings. The van der Waals surface area contributed by atoms with Gasteiger partial charge in [0.05, 0.1) is 6.54 Å². The molecule has 15 heavy (non-hydrogen) atoms. The van der Waals surface area contributed by atoms with E-state index in [2.05, 4.69) is 16.2 Å². The quantitative estimate of drug-likeness (QED) is 0.381. The van der Waals surface area contributed by atoms with E-state index in [1.165, 1.54) is 6.92 Å². The zero-order chi connectivity index (χ0) is 11.7. The maximum Gasteiger partial charge on any atom is 0.252 e. The van der Waals surface area contributed by atoms with Gasteiger partial charge in [-0.2, -0.15) is 0 Å². The summed E-state index contributed by atoms with van der Waals surface area (Å²) in [5.74, 6) is -0.488. The lowest BCUT2D eigenvalue weighted by Gasteiger charge is -2.15. The van der Waals surface area contributed by atoms with Crippen LogP contribution >= 0.6 is 0 Å². The first kappa shape index (κ1) is 13.9. The minimum atomic E-state index is -0.277.